The first-order valence-corrected chi connectivity index (χ1v) is 7.47. The third kappa shape index (κ3) is 4.89. The van der Waals surface area contributed by atoms with Crippen LogP contribution in [0.1, 0.15) is 24.9 Å². The van der Waals surface area contributed by atoms with Gasteiger partial charge in [0.15, 0.2) is 11.5 Å². The van der Waals surface area contributed by atoms with Crippen LogP contribution in [0, 0.1) is 0 Å². The summed E-state index contributed by atoms with van der Waals surface area (Å²) in [5, 5.41) is 13.3. The van der Waals surface area contributed by atoms with Crippen LogP contribution in [0.4, 0.5) is 0 Å². The molecule has 0 saturated carbocycles. The first kappa shape index (κ1) is 20.8. The van der Waals surface area contributed by atoms with Crippen molar-refractivity contribution >= 4 is 40.7 Å². The van der Waals surface area contributed by atoms with Gasteiger partial charge >= 0.3 is 0 Å². The molecule has 1 aliphatic heterocycles. The van der Waals surface area contributed by atoms with Gasteiger partial charge in [-0.3, -0.25) is 4.90 Å². The molecule has 1 aromatic carbocycles. The number of ether oxygens (including phenoxy) is 1. The summed E-state index contributed by atoms with van der Waals surface area (Å²) in [4.78, 5) is 2.48. The van der Waals surface area contributed by atoms with Crippen LogP contribution in [0.15, 0.2) is 16.6 Å². The second-order valence-corrected chi connectivity index (χ2v) is 5.62. The van der Waals surface area contributed by atoms with Crippen LogP contribution in [0.5, 0.6) is 11.5 Å². The van der Waals surface area contributed by atoms with E-state index in [0.29, 0.717) is 16.3 Å². The van der Waals surface area contributed by atoms with Crippen LogP contribution in [-0.2, 0) is 0 Å². The van der Waals surface area contributed by atoms with Gasteiger partial charge in [-0.1, -0.05) is 6.92 Å². The fourth-order valence-electron chi connectivity index (χ4n) is 2.64. The molecule has 21 heavy (non-hydrogen) atoms. The molecule has 0 radical (unpaired) electrons. The molecule has 0 unspecified atom stereocenters. The van der Waals surface area contributed by atoms with Gasteiger partial charge < -0.3 is 15.2 Å². The number of nitrogens with one attached hydrogen (secondary N) is 1. The largest absolute Gasteiger partial charge is 0.503 e. The van der Waals surface area contributed by atoms with Gasteiger partial charge in [-0.05, 0) is 40.0 Å². The normalized spacial score (nSPS) is 16.5. The number of nitrogens with zero attached hydrogens (tertiary/aromatic N) is 1. The average Bonchev–Trinajstić information content (AvgIpc) is 2.44. The van der Waals surface area contributed by atoms with Crippen LogP contribution in [-0.4, -0.2) is 43.3 Å². The van der Waals surface area contributed by atoms with Crippen molar-refractivity contribution in [2.75, 3.05) is 33.3 Å². The number of benzene rings is 1. The maximum atomic E-state index is 9.89. The van der Waals surface area contributed by atoms with Gasteiger partial charge in [0, 0.05) is 32.2 Å². The third-order valence-electron chi connectivity index (χ3n) is 3.63. The van der Waals surface area contributed by atoms with Crippen molar-refractivity contribution in [3.63, 3.8) is 0 Å². The second kappa shape index (κ2) is 9.74. The highest BCUT2D eigenvalue weighted by Gasteiger charge is 2.22. The van der Waals surface area contributed by atoms with Crippen molar-refractivity contribution in [1.29, 1.82) is 0 Å². The Kier molecular flexibility index (Phi) is 9.65. The highest BCUT2D eigenvalue weighted by atomic mass is 79.9. The number of halogens is 3. The van der Waals surface area contributed by atoms with Gasteiger partial charge in [0.05, 0.1) is 11.6 Å². The van der Waals surface area contributed by atoms with Gasteiger partial charge in [-0.2, -0.15) is 0 Å². The first-order valence-electron chi connectivity index (χ1n) is 6.68. The summed E-state index contributed by atoms with van der Waals surface area (Å²) >= 11 is 3.40. The van der Waals surface area contributed by atoms with E-state index < -0.39 is 0 Å². The Labute approximate surface area is 147 Å². The van der Waals surface area contributed by atoms with Gasteiger partial charge in [-0.25, -0.2) is 0 Å². The summed E-state index contributed by atoms with van der Waals surface area (Å²) in [6.45, 7) is 6.37. The zero-order chi connectivity index (χ0) is 13.8. The molecule has 1 fully saturated rings. The molecule has 0 aromatic heterocycles. The molecule has 7 heteroatoms. The lowest BCUT2D eigenvalue weighted by Gasteiger charge is -2.35. The van der Waals surface area contributed by atoms with Crippen LogP contribution >= 0.6 is 40.7 Å². The zero-order valence-electron chi connectivity index (χ0n) is 12.3. The minimum Gasteiger partial charge on any atom is -0.503 e. The number of piperazine rings is 1. The minimum atomic E-state index is 0. The molecule has 2 N–H and O–H groups in total. The summed E-state index contributed by atoms with van der Waals surface area (Å²) < 4.78 is 5.93. The van der Waals surface area contributed by atoms with E-state index in [1.54, 1.807) is 7.11 Å². The molecule has 1 heterocycles. The smallest absolute Gasteiger partial charge is 0.172 e. The summed E-state index contributed by atoms with van der Waals surface area (Å²) in [5.74, 6) is 0.694. The average molecular weight is 402 g/mol. The van der Waals surface area contributed by atoms with Gasteiger partial charge in [0.2, 0.25) is 0 Å². The monoisotopic (exact) mass is 400 g/mol. The predicted octanol–water partition coefficient (Wildman–Crippen LogP) is 3.36. The van der Waals surface area contributed by atoms with E-state index in [1.807, 2.05) is 12.1 Å². The van der Waals surface area contributed by atoms with Crippen LogP contribution in [0.2, 0.25) is 0 Å². The van der Waals surface area contributed by atoms with Crippen LogP contribution in [0.3, 0.4) is 0 Å². The first-order chi connectivity index (χ1) is 9.17. The SMILES string of the molecule is CC[C@@H](c1cc(Br)c(O)c(OC)c1)N1CCNCC1.Cl.Cl. The number of hydrogen-bond acceptors (Lipinski definition) is 4. The molecule has 1 atom stereocenters. The third-order valence-corrected chi connectivity index (χ3v) is 4.24. The Morgan fingerprint density at radius 2 is 1.95 bits per heavy atom. The highest BCUT2D eigenvalue weighted by molar-refractivity contribution is 9.10. The van der Waals surface area contributed by atoms with Gasteiger partial charge in [0.1, 0.15) is 0 Å². The molecule has 0 bridgehead atoms. The van der Waals surface area contributed by atoms with E-state index in [2.05, 4.69) is 33.1 Å². The molecular formula is C14H23BrCl2N2O2. The van der Waals surface area contributed by atoms with Crippen LogP contribution < -0.4 is 10.1 Å². The molecule has 1 saturated heterocycles. The summed E-state index contributed by atoms with van der Waals surface area (Å²) in [6, 6.07) is 4.30. The van der Waals surface area contributed by atoms with Crippen molar-refractivity contribution in [2.45, 2.75) is 19.4 Å². The Morgan fingerprint density at radius 1 is 1.33 bits per heavy atom. The fraction of sp³-hybridized carbons (Fsp3) is 0.571. The minimum absolute atomic E-state index is 0. The number of methoxy groups -OCH3 is 1. The standard InChI is InChI=1S/C14H21BrN2O2.2ClH/c1-3-12(17-6-4-16-5-7-17)10-8-11(15)14(18)13(9-10)19-2;;/h8-9,12,16,18H,3-7H2,1-2H3;2*1H/t12-;;/m0../s1. The van der Waals surface area contributed by atoms with Crippen LogP contribution in [0.25, 0.3) is 0 Å². The number of phenols is 1. The maximum absolute atomic E-state index is 9.89. The lowest BCUT2D eigenvalue weighted by Crippen LogP contribution is -2.45. The van der Waals surface area contributed by atoms with Crippen molar-refractivity contribution in [1.82, 2.24) is 10.2 Å². The zero-order valence-corrected chi connectivity index (χ0v) is 15.5. The van der Waals surface area contributed by atoms with E-state index in [9.17, 15) is 5.11 Å². The Hall–Kier alpha value is -0.200. The molecule has 0 spiro atoms. The van der Waals surface area contributed by atoms with E-state index in [-0.39, 0.29) is 30.6 Å². The molecule has 0 aliphatic carbocycles. The quantitative estimate of drug-likeness (QED) is 0.811. The summed E-state index contributed by atoms with van der Waals surface area (Å²) in [5.41, 5.74) is 1.19. The Morgan fingerprint density at radius 3 is 2.48 bits per heavy atom. The maximum Gasteiger partial charge on any atom is 0.172 e. The van der Waals surface area contributed by atoms with Crippen molar-refractivity contribution in [2.24, 2.45) is 0 Å². The van der Waals surface area contributed by atoms with E-state index in [0.717, 1.165) is 32.6 Å². The summed E-state index contributed by atoms with van der Waals surface area (Å²) in [7, 11) is 1.58. The van der Waals surface area contributed by atoms with Crippen molar-refractivity contribution < 1.29 is 9.84 Å². The number of rotatable bonds is 4. The molecular weight excluding hydrogens is 379 g/mol. The number of hydrogen-bond donors (Lipinski definition) is 2. The fourth-order valence-corrected chi connectivity index (χ4v) is 3.10. The molecule has 0 amide bonds. The van der Waals surface area contributed by atoms with E-state index >= 15 is 0 Å². The van der Waals surface area contributed by atoms with Gasteiger partial charge in [0.25, 0.3) is 0 Å². The Balaban J connectivity index is 0.00000200. The second-order valence-electron chi connectivity index (χ2n) is 4.76. The highest BCUT2D eigenvalue weighted by Crippen LogP contribution is 2.38. The number of phenolic OH excluding ortho intramolecular Hbond substituents is 1. The van der Waals surface area contributed by atoms with Crippen molar-refractivity contribution in [3.8, 4) is 11.5 Å². The molecule has 2 rings (SSSR count). The Bertz CT molecular complexity index is 443. The van der Waals surface area contributed by atoms with E-state index in [4.69, 9.17) is 4.74 Å². The van der Waals surface area contributed by atoms with Gasteiger partial charge in [-0.15, -0.1) is 24.8 Å². The topological polar surface area (TPSA) is 44.7 Å². The molecule has 4 nitrogen and oxygen atoms in total. The molecule has 1 aliphatic rings. The number of aromatic hydroxyl groups is 1. The molecule has 1 aromatic rings. The van der Waals surface area contributed by atoms with E-state index in [1.165, 1.54) is 5.56 Å². The predicted molar refractivity (Wildman–Crippen MR) is 94.3 cm³/mol. The lowest BCUT2D eigenvalue weighted by molar-refractivity contribution is 0.169. The molecule has 122 valence electrons. The summed E-state index contributed by atoms with van der Waals surface area (Å²) in [6.07, 6.45) is 1.04. The lowest BCUT2D eigenvalue weighted by atomic mass is 10.0. The van der Waals surface area contributed by atoms with Crippen molar-refractivity contribution in [3.05, 3.63) is 22.2 Å².